The third-order valence-electron chi connectivity index (χ3n) is 3.17. The SMILES string of the molecule is COCC(CNc1nccc2c(OC)cccc12)OC. The summed E-state index contributed by atoms with van der Waals surface area (Å²) >= 11 is 0. The fraction of sp³-hybridized carbons (Fsp3) is 0.400. The summed E-state index contributed by atoms with van der Waals surface area (Å²) in [5.41, 5.74) is 0. The van der Waals surface area contributed by atoms with Crippen molar-refractivity contribution in [2.75, 3.05) is 39.8 Å². The third-order valence-corrected chi connectivity index (χ3v) is 3.17. The largest absolute Gasteiger partial charge is 0.496 e. The fourth-order valence-corrected chi connectivity index (χ4v) is 2.10. The van der Waals surface area contributed by atoms with Gasteiger partial charge in [0.15, 0.2) is 0 Å². The number of hydrogen-bond donors (Lipinski definition) is 1. The molecule has 0 aliphatic carbocycles. The highest BCUT2D eigenvalue weighted by atomic mass is 16.5. The van der Waals surface area contributed by atoms with E-state index in [1.54, 1.807) is 27.5 Å². The molecule has 1 aromatic carbocycles. The fourth-order valence-electron chi connectivity index (χ4n) is 2.10. The average molecular weight is 276 g/mol. The molecule has 0 radical (unpaired) electrons. The van der Waals surface area contributed by atoms with Crippen LogP contribution in [0.5, 0.6) is 5.75 Å². The normalized spacial score (nSPS) is 12.3. The highest BCUT2D eigenvalue weighted by Gasteiger charge is 2.10. The topological polar surface area (TPSA) is 52.6 Å². The number of methoxy groups -OCH3 is 3. The van der Waals surface area contributed by atoms with Crippen LogP contribution in [0.1, 0.15) is 0 Å². The first-order valence-electron chi connectivity index (χ1n) is 6.47. The van der Waals surface area contributed by atoms with Gasteiger partial charge in [-0.1, -0.05) is 12.1 Å². The summed E-state index contributed by atoms with van der Waals surface area (Å²) in [4.78, 5) is 4.39. The standard InChI is InChI=1S/C15H20N2O3/c1-18-10-11(19-2)9-17-15-13-5-4-6-14(20-3)12(13)7-8-16-15/h4-8,11H,9-10H2,1-3H3,(H,16,17). The van der Waals surface area contributed by atoms with Gasteiger partial charge in [-0.3, -0.25) is 0 Å². The second kappa shape index (κ2) is 7.07. The maximum atomic E-state index is 5.37. The van der Waals surface area contributed by atoms with Crippen LogP contribution in [0.15, 0.2) is 30.5 Å². The van der Waals surface area contributed by atoms with Gasteiger partial charge in [0.05, 0.1) is 19.8 Å². The maximum absolute atomic E-state index is 5.37. The molecule has 108 valence electrons. The molecule has 1 aromatic heterocycles. The minimum Gasteiger partial charge on any atom is -0.496 e. The van der Waals surface area contributed by atoms with Gasteiger partial charge in [-0.2, -0.15) is 0 Å². The van der Waals surface area contributed by atoms with Gasteiger partial charge in [0.2, 0.25) is 0 Å². The number of fused-ring (bicyclic) bond motifs is 1. The summed E-state index contributed by atoms with van der Waals surface area (Å²) in [6.45, 7) is 1.17. The molecule has 2 aromatic rings. The summed E-state index contributed by atoms with van der Waals surface area (Å²) in [7, 11) is 5.00. The van der Waals surface area contributed by atoms with Gasteiger partial charge < -0.3 is 19.5 Å². The van der Waals surface area contributed by atoms with Gasteiger partial charge in [0.1, 0.15) is 11.6 Å². The lowest BCUT2D eigenvalue weighted by Gasteiger charge is -2.16. The molecule has 0 bridgehead atoms. The Morgan fingerprint density at radius 1 is 1.15 bits per heavy atom. The van der Waals surface area contributed by atoms with E-state index in [4.69, 9.17) is 14.2 Å². The average Bonchev–Trinajstić information content (AvgIpc) is 2.50. The van der Waals surface area contributed by atoms with Crippen molar-refractivity contribution in [3.63, 3.8) is 0 Å². The van der Waals surface area contributed by atoms with Crippen molar-refractivity contribution in [2.24, 2.45) is 0 Å². The molecule has 0 saturated heterocycles. The monoisotopic (exact) mass is 276 g/mol. The Morgan fingerprint density at radius 2 is 2.00 bits per heavy atom. The second-order valence-corrected chi connectivity index (χ2v) is 4.41. The zero-order valence-corrected chi connectivity index (χ0v) is 12.1. The minimum atomic E-state index is -0.0114. The van der Waals surface area contributed by atoms with Gasteiger partial charge in [0.25, 0.3) is 0 Å². The summed E-state index contributed by atoms with van der Waals surface area (Å²) in [6, 6.07) is 7.86. The summed E-state index contributed by atoms with van der Waals surface area (Å²) in [5.74, 6) is 1.66. The van der Waals surface area contributed by atoms with Crippen LogP contribution in [-0.4, -0.2) is 45.6 Å². The third kappa shape index (κ3) is 3.18. The Kier molecular flexibility index (Phi) is 5.15. The molecule has 1 atom stereocenters. The highest BCUT2D eigenvalue weighted by Crippen LogP contribution is 2.28. The van der Waals surface area contributed by atoms with Crippen molar-refractivity contribution < 1.29 is 14.2 Å². The Bertz CT molecular complexity index is 560. The van der Waals surface area contributed by atoms with E-state index in [1.807, 2.05) is 24.3 Å². The van der Waals surface area contributed by atoms with E-state index in [9.17, 15) is 0 Å². The number of pyridine rings is 1. The van der Waals surface area contributed by atoms with Crippen LogP contribution in [0.4, 0.5) is 5.82 Å². The Balaban J connectivity index is 2.22. The Morgan fingerprint density at radius 3 is 2.70 bits per heavy atom. The molecular weight excluding hydrogens is 256 g/mol. The van der Waals surface area contributed by atoms with Gasteiger partial charge in [-0.05, 0) is 12.1 Å². The van der Waals surface area contributed by atoms with E-state index in [2.05, 4.69) is 10.3 Å². The van der Waals surface area contributed by atoms with E-state index >= 15 is 0 Å². The van der Waals surface area contributed by atoms with Crippen molar-refractivity contribution in [2.45, 2.75) is 6.10 Å². The highest BCUT2D eigenvalue weighted by molar-refractivity contribution is 5.95. The molecule has 0 fully saturated rings. The Hall–Kier alpha value is -1.85. The molecule has 5 nitrogen and oxygen atoms in total. The molecule has 1 unspecified atom stereocenters. The first-order chi connectivity index (χ1) is 9.80. The van der Waals surface area contributed by atoms with Crippen molar-refractivity contribution in [1.29, 1.82) is 0 Å². The minimum absolute atomic E-state index is 0.0114. The van der Waals surface area contributed by atoms with E-state index < -0.39 is 0 Å². The van der Waals surface area contributed by atoms with E-state index in [0.717, 1.165) is 22.3 Å². The summed E-state index contributed by atoms with van der Waals surface area (Å²) in [5, 5.41) is 5.37. The lowest BCUT2D eigenvalue weighted by molar-refractivity contribution is 0.0365. The lowest BCUT2D eigenvalue weighted by Crippen LogP contribution is -2.26. The molecule has 0 saturated carbocycles. The number of hydrogen-bond acceptors (Lipinski definition) is 5. The first-order valence-corrected chi connectivity index (χ1v) is 6.47. The van der Waals surface area contributed by atoms with Crippen LogP contribution in [0, 0.1) is 0 Å². The van der Waals surface area contributed by atoms with Crippen LogP contribution < -0.4 is 10.1 Å². The van der Waals surface area contributed by atoms with E-state index in [0.29, 0.717) is 13.2 Å². The summed E-state index contributed by atoms with van der Waals surface area (Å²) < 4.78 is 15.8. The second-order valence-electron chi connectivity index (χ2n) is 4.41. The van der Waals surface area contributed by atoms with Gasteiger partial charge >= 0.3 is 0 Å². The number of anilines is 1. The number of rotatable bonds is 7. The number of benzene rings is 1. The zero-order valence-electron chi connectivity index (χ0n) is 12.1. The maximum Gasteiger partial charge on any atom is 0.134 e. The van der Waals surface area contributed by atoms with Crippen LogP contribution in [0.3, 0.4) is 0 Å². The van der Waals surface area contributed by atoms with Crippen molar-refractivity contribution in [3.05, 3.63) is 30.5 Å². The van der Waals surface area contributed by atoms with Gasteiger partial charge in [0, 0.05) is 37.7 Å². The number of nitrogens with one attached hydrogen (secondary N) is 1. The number of aromatic nitrogens is 1. The molecule has 2 rings (SSSR count). The molecule has 0 spiro atoms. The first kappa shape index (κ1) is 14.6. The smallest absolute Gasteiger partial charge is 0.134 e. The predicted molar refractivity (Wildman–Crippen MR) is 79.5 cm³/mol. The van der Waals surface area contributed by atoms with Gasteiger partial charge in [-0.15, -0.1) is 0 Å². The van der Waals surface area contributed by atoms with Crippen LogP contribution >= 0.6 is 0 Å². The number of nitrogens with zero attached hydrogens (tertiary/aromatic N) is 1. The molecular formula is C15H20N2O3. The van der Waals surface area contributed by atoms with E-state index in [-0.39, 0.29) is 6.10 Å². The molecule has 0 amide bonds. The lowest BCUT2D eigenvalue weighted by atomic mass is 10.1. The molecule has 0 aliphatic rings. The predicted octanol–water partition coefficient (Wildman–Crippen LogP) is 2.32. The molecule has 1 heterocycles. The molecule has 0 aliphatic heterocycles. The van der Waals surface area contributed by atoms with Crippen LogP contribution in [0.25, 0.3) is 10.8 Å². The van der Waals surface area contributed by atoms with Crippen molar-refractivity contribution >= 4 is 16.6 Å². The Labute approximate surface area is 118 Å². The quantitative estimate of drug-likeness (QED) is 0.841. The van der Waals surface area contributed by atoms with Crippen molar-refractivity contribution in [3.8, 4) is 5.75 Å². The van der Waals surface area contributed by atoms with E-state index in [1.165, 1.54) is 0 Å². The zero-order chi connectivity index (χ0) is 14.4. The molecule has 20 heavy (non-hydrogen) atoms. The van der Waals surface area contributed by atoms with Crippen LogP contribution in [-0.2, 0) is 9.47 Å². The van der Waals surface area contributed by atoms with Gasteiger partial charge in [-0.25, -0.2) is 4.98 Å². The summed E-state index contributed by atoms with van der Waals surface area (Å²) in [6.07, 6.45) is 1.76. The molecule has 1 N–H and O–H groups in total. The molecule has 5 heteroatoms. The van der Waals surface area contributed by atoms with Crippen LogP contribution in [0.2, 0.25) is 0 Å². The van der Waals surface area contributed by atoms with Crippen molar-refractivity contribution in [1.82, 2.24) is 4.98 Å². The number of ether oxygens (including phenoxy) is 3.